The van der Waals surface area contributed by atoms with Crippen LogP contribution in [0.4, 0.5) is 0 Å². The molecule has 0 fully saturated rings. The van der Waals surface area contributed by atoms with Crippen LogP contribution in [0.25, 0.3) is 0 Å². The van der Waals surface area contributed by atoms with E-state index in [4.69, 9.17) is 0 Å². The van der Waals surface area contributed by atoms with Crippen molar-refractivity contribution >= 4 is 11.9 Å². The van der Waals surface area contributed by atoms with Crippen molar-refractivity contribution in [3.63, 3.8) is 0 Å². The second-order valence-electron chi connectivity index (χ2n) is 5.22. The monoisotopic (exact) mass is 312 g/mol. The molecule has 0 heterocycles. The minimum absolute atomic E-state index is 0.102. The third kappa shape index (κ3) is 5.92. The SMILES string of the molecule is O=C(C[C@@H](NCc1ccccc1)C(=O)O)NCc1ccccc1. The number of rotatable bonds is 8. The lowest BCUT2D eigenvalue weighted by Gasteiger charge is -2.14. The molecule has 2 aromatic rings. The molecular formula is C18H20N2O3. The van der Waals surface area contributed by atoms with Crippen LogP contribution in [0.1, 0.15) is 17.5 Å². The van der Waals surface area contributed by atoms with Gasteiger partial charge in [-0.2, -0.15) is 0 Å². The quantitative estimate of drug-likeness (QED) is 0.696. The van der Waals surface area contributed by atoms with Crippen LogP contribution in [0.5, 0.6) is 0 Å². The molecule has 120 valence electrons. The van der Waals surface area contributed by atoms with Crippen molar-refractivity contribution in [1.29, 1.82) is 0 Å². The Kier molecular flexibility index (Phi) is 6.32. The Balaban J connectivity index is 1.81. The summed E-state index contributed by atoms with van der Waals surface area (Å²) in [6.45, 7) is 0.800. The van der Waals surface area contributed by atoms with Crippen molar-refractivity contribution in [2.24, 2.45) is 0 Å². The van der Waals surface area contributed by atoms with Crippen molar-refractivity contribution in [2.45, 2.75) is 25.6 Å². The first-order valence-electron chi connectivity index (χ1n) is 7.46. The summed E-state index contributed by atoms with van der Waals surface area (Å²) in [5, 5.41) is 14.9. The molecule has 0 aliphatic heterocycles. The van der Waals surface area contributed by atoms with E-state index in [2.05, 4.69) is 10.6 Å². The van der Waals surface area contributed by atoms with Crippen LogP contribution >= 0.6 is 0 Å². The minimum atomic E-state index is -1.03. The topological polar surface area (TPSA) is 78.4 Å². The lowest BCUT2D eigenvalue weighted by Crippen LogP contribution is -2.40. The molecule has 0 aromatic heterocycles. The molecule has 0 saturated carbocycles. The molecule has 5 heteroatoms. The van der Waals surface area contributed by atoms with Gasteiger partial charge >= 0.3 is 5.97 Å². The van der Waals surface area contributed by atoms with Crippen molar-refractivity contribution in [1.82, 2.24) is 10.6 Å². The van der Waals surface area contributed by atoms with E-state index in [0.717, 1.165) is 11.1 Å². The molecule has 1 amide bonds. The number of carbonyl (C=O) groups excluding carboxylic acids is 1. The fourth-order valence-corrected chi connectivity index (χ4v) is 2.14. The maximum atomic E-state index is 11.9. The molecule has 0 bridgehead atoms. The highest BCUT2D eigenvalue weighted by molar-refractivity contribution is 5.84. The maximum absolute atomic E-state index is 11.9. The molecule has 23 heavy (non-hydrogen) atoms. The molecule has 2 aromatic carbocycles. The Labute approximate surface area is 135 Å². The van der Waals surface area contributed by atoms with Crippen LogP contribution in [0, 0.1) is 0 Å². The summed E-state index contributed by atoms with van der Waals surface area (Å²) in [5.74, 6) is -1.32. The number of benzene rings is 2. The zero-order chi connectivity index (χ0) is 16.5. The Hall–Kier alpha value is -2.66. The van der Waals surface area contributed by atoms with Crippen molar-refractivity contribution < 1.29 is 14.7 Å². The van der Waals surface area contributed by atoms with Crippen LogP contribution in [0.3, 0.4) is 0 Å². The van der Waals surface area contributed by atoms with Crippen LogP contribution in [-0.2, 0) is 22.7 Å². The summed E-state index contributed by atoms with van der Waals surface area (Å²) in [5.41, 5.74) is 1.95. The molecule has 0 unspecified atom stereocenters. The highest BCUT2D eigenvalue weighted by Gasteiger charge is 2.20. The van der Waals surface area contributed by atoms with Crippen molar-refractivity contribution in [2.75, 3.05) is 0 Å². The lowest BCUT2D eigenvalue weighted by atomic mass is 10.1. The average Bonchev–Trinajstić information content (AvgIpc) is 2.58. The fraction of sp³-hybridized carbons (Fsp3) is 0.222. The smallest absolute Gasteiger partial charge is 0.321 e. The van der Waals surface area contributed by atoms with Crippen molar-refractivity contribution in [3.05, 3.63) is 71.8 Å². The van der Waals surface area contributed by atoms with Crippen LogP contribution in [0.2, 0.25) is 0 Å². The zero-order valence-electron chi connectivity index (χ0n) is 12.7. The summed E-state index contributed by atoms with van der Waals surface area (Å²) in [6.07, 6.45) is -0.102. The predicted octanol–water partition coefficient (Wildman–Crippen LogP) is 1.94. The summed E-state index contributed by atoms with van der Waals surface area (Å²) < 4.78 is 0. The number of carboxylic acids is 1. The van der Waals surface area contributed by atoms with Gasteiger partial charge < -0.3 is 10.4 Å². The van der Waals surface area contributed by atoms with Gasteiger partial charge in [-0.05, 0) is 11.1 Å². The Bertz CT molecular complexity index is 629. The number of nitrogens with one attached hydrogen (secondary N) is 2. The van der Waals surface area contributed by atoms with E-state index in [1.807, 2.05) is 60.7 Å². The number of hydrogen-bond acceptors (Lipinski definition) is 3. The minimum Gasteiger partial charge on any atom is -0.480 e. The standard InChI is InChI=1S/C18H20N2O3/c21-17(20-13-15-9-5-2-6-10-15)11-16(18(22)23)19-12-14-7-3-1-4-8-14/h1-10,16,19H,11-13H2,(H,20,21)(H,22,23)/t16-/m1/s1. The van der Waals surface area contributed by atoms with E-state index in [1.54, 1.807) is 0 Å². The third-order valence-electron chi connectivity index (χ3n) is 3.42. The van der Waals surface area contributed by atoms with Gasteiger partial charge in [-0.25, -0.2) is 0 Å². The van der Waals surface area contributed by atoms with E-state index in [9.17, 15) is 14.7 Å². The van der Waals surface area contributed by atoms with Crippen LogP contribution in [0.15, 0.2) is 60.7 Å². The van der Waals surface area contributed by atoms with Crippen molar-refractivity contribution in [3.8, 4) is 0 Å². The number of carbonyl (C=O) groups is 2. The molecule has 0 aliphatic rings. The normalized spacial score (nSPS) is 11.7. The van der Waals surface area contributed by atoms with E-state index < -0.39 is 12.0 Å². The third-order valence-corrected chi connectivity index (χ3v) is 3.42. The number of hydrogen-bond donors (Lipinski definition) is 3. The molecule has 1 atom stereocenters. The van der Waals surface area contributed by atoms with Gasteiger partial charge in [0.05, 0.1) is 6.42 Å². The Morgan fingerprint density at radius 3 is 1.91 bits per heavy atom. The summed E-state index contributed by atoms with van der Waals surface area (Å²) in [7, 11) is 0. The van der Waals surface area contributed by atoms with Gasteiger partial charge in [0.1, 0.15) is 6.04 Å². The van der Waals surface area contributed by atoms with Gasteiger partial charge in [0, 0.05) is 13.1 Å². The summed E-state index contributed by atoms with van der Waals surface area (Å²) >= 11 is 0. The van der Waals surface area contributed by atoms with Gasteiger partial charge in [0.25, 0.3) is 0 Å². The number of carboxylic acid groups (broad SMARTS) is 1. The lowest BCUT2D eigenvalue weighted by molar-refractivity contribution is -0.141. The van der Waals surface area contributed by atoms with Gasteiger partial charge in [-0.3, -0.25) is 14.9 Å². The molecule has 0 spiro atoms. The average molecular weight is 312 g/mol. The largest absolute Gasteiger partial charge is 0.480 e. The predicted molar refractivity (Wildman–Crippen MR) is 87.6 cm³/mol. The zero-order valence-corrected chi connectivity index (χ0v) is 12.7. The summed E-state index contributed by atoms with van der Waals surface area (Å²) in [4.78, 5) is 23.2. The van der Waals surface area contributed by atoms with E-state index >= 15 is 0 Å². The Morgan fingerprint density at radius 2 is 1.39 bits per heavy atom. The van der Waals surface area contributed by atoms with Gasteiger partial charge in [-0.15, -0.1) is 0 Å². The van der Waals surface area contributed by atoms with E-state index in [-0.39, 0.29) is 12.3 Å². The molecule has 0 radical (unpaired) electrons. The highest BCUT2D eigenvalue weighted by atomic mass is 16.4. The first-order chi connectivity index (χ1) is 11.1. The first-order valence-corrected chi connectivity index (χ1v) is 7.46. The second-order valence-corrected chi connectivity index (χ2v) is 5.22. The molecule has 5 nitrogen and oxygen atoms in total. The second kappa shape index (κ2) is 8.70. The number of amides is 1. The molecule has 0 saturated heterocycles. The molecule has 0 aliphatic carbocycles. The van der Waals surface area contributed by atoms with Crippen LogP contribution < -0.4 is 10.6 Å². The Morgan fingerprint density at radius 1 is 0.870 bits per heavy atom. The van der Waals surface area contributed by atoms with E-state index in [0.29, 0.717) is 13.1 Å². The molecular weight excluding hydrogens is 292 g/mol. The fourth-order valence-electron chi connectivity index (χ4n) is 2.14. The van der Waals surface area contributed by atoms with Gasteiger partial charge in [0.2, 0.25) is 5.91 Å². The number of aliphatic carboxylic acids is 1. The van der Waals surface area contributed by atoms with Gasteiger partial charge in [0.15, 0.2) is 0 Å². The first kappa shape index (κ1) is 16.7. The van der Waals surface area contributed by atoms with Crippen LogP contribution in [-0.4, -0.2) is 23.0 Å². The molecule has 3 N–H and O–H groups in total. The maximum Gasteiger partial charge on any atom is 0.321 e. The van der Waals surface area contributed by atoms with E-state index in [1.165, 1.54) is 0 Å². The summed E-state index contributed by atoms with van der Waals surface area (Å²) in [6, 6.07) is 18.1. The molecule has 2 rings (SSSR count). The highest BCUT2D eigenvalue weighted by Crippen LogP contribution is 2.02. The van der Waals surface area contributed by atoms with Gasteiger partial charge in [-0.1, -0.05) is 60.7 Å².